The van der Waals surface area contributed by atoms with Gasteiger partial charge in [-0.3, -0.25) is 4.79 Å². The molecule has 2 rings (SSSR count). The van der Waals surface area contributed by atoms with Crippen LogP contribution in [0.4, 0.5) is 4.39 Å². The van der Waals surface area contributed by atoms with E-state index in [1.807, 2.05) is 4.90 Å². The Bertz CT molecular complexity index is 450. The third-order valence-electron chi connectivity index (χ3n) is 3.80. The zero-order chi connectivity index (χ0) is 13.8. The van der Waals surface area contributed by atoms with Gasteiger partial charge in [0.1, 0.15) is 5.82 Å². The highest BCUT2D eigenvalue weighted by atomic mass is 19.1. The number of nitrogens with one attached hydrogen (secondary N) is 1. The van der Waals surface area contributed by atoms with Gasteiger partial charge in [-0.1, -0.05) is 19.9 Å². The first-order valence-electron chi connectivity index (χ1n) is 6.95. The van der Waals surface area contributed by atoms with E-state index < -0.39 is 0 Å². The number of piperazine rings is 1. The van der Waals surface area contributed by atoms with E-state index in [0.717, 1.165) is 19.4 Å². The van der Waals surface area contributed by atoms with Gasteiger partial charge in [-0.15, -0.1) is 0 Å². The number of hydrogen-bond acceptors (Lipinski definition) is 2. The average molecular weight is 264 g/mol. The molecule has 4 heteroatoms. The Morgan fingerprint density at radius 1 is 1.42 bits per heavy atom. The van der Waals surface area contributed by atoms with Gasteiger partial charge in [0.2, 0.25) is 0 Å². The lowest BCUT2D eigenvalue weighted by molar-refractivity contribution is 0.0575. The molecule has 1 heterocycles. The molecule has 1 fully saturated rings. The van der Waals surface area contributed by atoms with Crippen LogP contribution < -0.4 is 5.32 Å². The molecule has 0 saturated carbocycles. The van der Waals surface area contributed by atoms with E-state index in [4.69, 9.17) is 0 Å². The maximum Gasteiger partial charge on any atom is 0.254 e. The molecule has 0 spiro atoms. The van der Waals surface area contributed by atoms with Gasteiger partial charge in [-0.25, -0.2) is 4.39 Å². The van der Waals surface area contributed by atoms with E-state index in [1.54, 1.807) is 12.1 Å². The second-order valence-corrected chi connectivity index (χ2v) is 5.04. The minimum absolute atomic E-state index is 0.0636. The minimum Gasteiger partial charge on any atom is -0.333 e. The predicted molar refractivity (Wildman–Crippen MR) is 73.6 cm³/mol. The molecule has 1 aliphatic rings. The summed E-state index contributed by atoms with van der Waals surface area (Å²) in [6.07, 6.45) is 1.90. The van der Waals surface area contributed by atoms with Crippen LogP contribution >= 0.6 is 0 Å². The van der Waals surface area contributed by atoms with Gasteiger partial charge in [0.05, 0.1) is 0 Å². The monoisotopic (exact) mass is 264 g/mol. The van der Waals surface area contributed by atoms with Crippen LogP contribution in [0.2, 0.25) is 0 Å². The second-order valence-electron chi connectivity index (χ2n) is 5.04. The highest BCUT2D eigenvalue weighted by Gasteiger charge is 2.30. The molecule has 1 aliphatic heterocycles. The first-order valence-corrected chi connectivity index (χ1v) is 6.95. The van der Waals surface area contributed by atoms with Crippen LogP contribution in [0.25, 0.3) is 0 Å². The van der Waals surface area contributed by atoms with Gasteiger partial charge in [-0.05, 0) is 31.0 Å². The number of hydrogen-bond donors (Lipinski definition) is 1. The highest BCUT2D eigenvalue weighted by Crippen LogP contribution is 2.16. The van der Waals surface area contributed by atoms with Crippen LogP contribution in [-0.4, -0.2) is 36.0 Å². The van der Waals surface area contributed by atoms with Crippen molar-refractivity contribution in [2.75, 3.05) is 13.1 Å². The summed E-state index contributed by atoms with van der Waals surface area (Å²) in [5.41, 5.74) is 0.440. The molecule has 2 atom stereocenters. The summed E-state index contributed by atoms with van der Waals surface area (Å²) in [7, 11) is 0. The first-order chi connectivity index (χ1) is 9.15. The van der Waals surface area contributed by atoms with Crippen LogP contribution in [0.5, 0.6) is 0 Å². The van der Waals surface area contributed by atoms with Crippen molar-refractivity contribution in [1.29, 1.82) is 0 Å². The summed E-state index contributed by atoms with van der Waals surface area (Å²) in [6.45, 7) is 5.69. The molecule has 1 aromatic rings. The quantitative estimate of drug-likeness (QED) is 0.909. The molecule has 1 N–H and O–H groups in total. The molecule has 0 aliphatic carbocycles. The summed E-state index contributed by atoms with van der Waals surface area (Å²) in [4.78, 5) is 14.4. The zero-order valence-corrected chi connectivity index (χ0v) is 11.5. The van der Waals surface area contributed by atoms with Crippen LogP contribution in [0, 0.1) is 5.82 Å². The van der Waals surface area contributed by atoms with Gasteiger partial charge in [0.15, 0.2) is 0 Å². The lowest BCUT2D eigenvalue weighted by Gasteiger charge is -2.40. The molecule has 2 unspecified atom stereocenters. The topological polar surface area (TPSA) is 32.3 Å². The first kappa shape index (κ1) is 14.0. The Labute approximate surface area is 113 Å². The van der Waals surface area contributed by atoms with E-state index in [0.29, 0.717) is 18.2 Å². The average Bonchev–Trinajstić information content (AvgIpc) is 2.45. The van der Waals surface area contributed by atoms with E-state index in [1.165, 1.54) is 12.1 Å². The van der Waals surface area contributed by atoms with Crippen molar-refractivity contribution in [3.8, 4) is 0 Å². The fraction of sp³-hybridized carbons (Fsp3) is 0.533. The molecule has 0 aromatic heterocycles. The number of benzene rings is 1. The number of nitrogens with zero attached hydrogens (tertiary/aromatic N) is 1. The van der Waals surface area contributed by atoms with Crippen LogP contribution in [-0.2, 0) is 0 Å². The summed E-state index contributed by atoms with van der Waals surface area (Å²) < 4.78 is 13.2. The van der Waals surface area contributed by atoms with Crippen LogP contribution in [0.15, 0.2) is 24.3 Å². The Hall–Kier alpha value is -1.42. The highest BCUT2D eigenvalue weighted by molar-refractivity contribution is 5.94. The normalized spacial score (nSPS) is 23.4. The Morgan fingerprint density at radius 2 is 2.21 bits per heavy atom. The van der Waals surface area contributed by atoms with Crippen LogP contribution in [0.3, 0.4) is 0 Å². The minimum atomic E-state index is -0.360. The fourth-order valence-corrected chi connectivity index (χ4v) is 2.54. The van der Waals surface area contributed by atoms with Crippen molar-refractivity contribution in [3.63, 3.8) is 0 Å². The van der Waals surface area contributed by atoms with Gasteiger partial charge in [0.25, 0.3) is 5.91 Å². The molecular formula is C15H21FN2O. The smallest absolute Gasteiger partial charge is 0.254 e. The van der Waals surface area contributed by atoms with Crippen molar-refractivity contribution in [3.05, 3.63) is 35.6 Å². The largest absolute Gasteiger partial charge is 0.333 e. The van der Waals surface area contributed by atoms with Gasteiger partial charge >= 0.3 is 0 Å². The second kappa shape index (κ2) is 6.15. The number of halogens is 1. The maximum atomic E-state index is 13.2. The molecule has 1 amide bonds. The standard InChI is InChI=1S/C15H21FN2O/c1-3-13-10-18(14(4-2)9-17-13)15(19)11-6-5-7-12(16)8-11/h5-8,13-14,17H,3-4,9-10H2,1-2H3. The number of carbonyl (C=O) groups is 1. The van der Waals surface area contributed by atoms with Crippen molar-refractivity contribution in [2.24, 2.45) is 0 Å². The molecule has 1 saturated heterocycles. The van der Waals surface area contributed by atoms with Gasteiger partial charge in [-0.2, -0.15) is 0 Å². The Balaban J connectivity index is 2.19. The van der Waals surface area contributed by atoms with E-state index >= 15 is 0 Å². The summed E-state index contributed by atoms with van der Waals surface area (Å²) in [6, 6.07) is 6.47. The number of rotatable bonds is 3. The number of amides is 1. The fourth-order valence-electron chi connectivity index (χ4n) is 2.54. The zero-order valence-electron chi connectivity index (χ0n) is 11.5. The lowest BCUT2D eigenvalue weighted by Crippen LogP contribution is -2.57. The Morgan fingerprint density at radius 3 is 2.84 bits per heavy atom. The SMILES string of the molecule is CCC1CN(C(=O)c2cccc(F)c2)C(CC)CN1. The molecule has 0 radical (unpaired) electrons. The lowest BCUT2D eigenvalue weighted by atomic mass is 10.0. The molecular weight excluding hydrogens is 243 g/mol. The molecule has 19 heavy (non-hydrogen) atoms. The van der Waals surface area contributed by atoms with Crippen molar-refractivity contribution in [1.82, 2.24) is 10.2 Å². The van der Waals surface area contributed by atoms with Crippen LogP contribution in [0.1, 0.15) is 37.0 Å². The molecule has 1 aromatic carbocycles. The molecule has 3 nitrogen and oxygen atoms in total. The molecule has 104 valence electrons. The summed E-state index contributed by atoms with van der Waals surface area (Å²) in [5, 5.41) is 3.45. The van der Waals surface area contributed by atoms with Crippen molar-refractivity contribution < 1.29 is 9.18 Å². The van der Waals surface area contributed by atoms with Gasteiger partial charge in [0, 0.05) is 30.7 Å². The number of carbonyl (C=O) groups excluding carboxylic acids is 1. The van der Waals surface area contributed by atoms with E-state index in [2.05, 4.69) is 19.2 Å². The van der Waals surface area contributed by atoms with Crippen molar-refractivity contribution >= 4 is 5.91 Å². The van der Waals surface area contributed by atoms with Gasteiger partial charge < -0.3 is 10.2 Å². The van der Waals surface area contributed by atoms with E-state index in [9.17, 15) is 9.18 Å². The van der Waals surface area contributed by atoms with Crippen molar-refractivity contribution in [2.45, 2.75) is 38.8 Å². The predicted octanol–water partition coefficient (Wildman–Crippen LogP) is 2.43. The molecule has 0 bridgehead atoms. The third kappa shape index (κ3) is 3.13. The van der Waals surface area contributed by atoms with E-state index in [-0.39, 0.29) is 17.8 Å². The third-order valence-corrected chi connectivity index (χ3v) is 3.80. The maximum absolute atomic E-state index is 13.2. The summed E-state index contributed by atoms with van der Waals surface area (Å²) in [5.74, 6) is -0.424. The summed E-state index contributed by atoms with van der Waals surface area (Å²) >= 11 is 0. The Kier molecular flexibility index (Phi) is 4.53.